The number of thiazole rings is 1. The van der Waals surface area contributed by atoms with Crippen LogP contribution in [-0.2, 0) is 9.53 Å². The Morgan fingerprint density at radius 3 is 2.26 bits per heavy atom. The molecule has 0 saturated heterocycles. The number of carboxylic acid groups (broad SMARTS) is 1. The van der Waals surface area contributed by atoms with Crippen LogP contribution in [-0.4, -0.2) is 35.3 Å². The fourth-order valence-electron chi connectivity index (χ4n) is 3.37. The maximum atomic E-state index is 12.6. The maximum Gasteiger partial charge on any atom is 0.416 e. The zero-order chi connectivity index (χ0) is 18.8. The number of hydrogen-bond donors (Lipinski definition) is 1. The van der Waals surface area contributed by atoms with E-state index in [2.05, 4.69) is 17.1 Å². The molecule has 27 heavy (non-hydrogen) atoms. The second kappa shape index (κ2) is 7.20. The van der Waals surface area contributed by atoms with Crippen LogP contribution in [0.3, 0.4) is 0 Å². The van der Waals surface area contributed by atoms with E-state index in [1.54, 1.807) is 5.38 Å². The van der Waals surface area contributed by atoms with Crippen LogP contribution >= 0.6 is 11.3 Å². The number of carbonyl (C=O) groups is 2. The highest BCUT2D eigenvalue weighted by molar-refractivity contribution is 7.13. The molecule has 0 spiro atoms. The van der Waals surface area contributed by atoms with Crippen molar-refractivity contribution in [3.8, 4) is 11.1 Å². The lowest BCUT2D eigenvalue weighted by molar-refractivity contribution is -0.135. The number of aliphatic carboxylic acids is 1. The summed E-state index contributed by atoms with van der Waals surface area (Å²) >= 11 is 1.19. The van der Waals surface area contributed by atoms with Gasteiger partial charge in [0, 0.05) is 17.5 Å². The molecule has 0 saturated carbocycles. The molecule has 0 fully saturated rings. The zero-order valence-electron chi connectivity index (χ0n) is 14.2. The summed E-state index contributed by atoms with van der Waals surface area (Å²) in [6, 6.07) is 16.1. The largest absolute Gasteiger partial charge is 0.480 e. The molecular formula is C20H16N2O4S. The summed E-state index contributed by atoms with van der Waals surface area (Å²) in [6.07, 6.45) is 0.806. The van der Waals surface area contributed by atoms with E-state index in [0.29, 0.717) is 5.13 Å². The second-order valence-corrected chi connectivity index (χ2v) is 6.97. The van der Waals surface area contributed by atoms with Crippen LogP contribution in [0.5, 0.6) is 0 Å². The molecule has 1 aromatic heterocycles. The number of nitrogens with zero attached hydrogens (tertiary/aromatic N) is 2. The van der Waals surface area contributed by atoms with E-state index in [4.69, 9.17) is 9.84 Å². The minimum atomic E-state index is -1.13. The van der Waals surface area contributed by atoms with Crippen molar-refractivity contribution in [3.05, 3.63) is 71.2 Å². The third kappa shape index (κ3) is 3.29. The first-order chi connectivity index (χ1) is 13.1. The summed E-state index contributed by atoms with van der Waals surface area (Å²) in [6.45, 7) is -0.363. The number of carboxylic acids is 1. The first-order valence-corrected chi connectivity index (χ1v) is 9.27. The van der Waals surface area contributed by atoms with Gasteiger partial charge in [-0.15, -0.1) is 11.3 Å². The highest BCUT2D eigenvalue weighted by Crippen LogP contribution is 2.44. The van der Waals surface area contributed by atoms with Crippen molar-refractivity contribution in [1.29, 1.82) is 0 Å². The summed E-state index contributed by atoms with van der Waals surface area (Å²) in [5.41, 5.74) is 4.48. The van der Waals surface area contributed by atoms with Gasteiger partial charge in [0.15, 0.2) is 5.13 Å². The number of ether oxygens (including phenoxy) is 1. The normalized spacial score (nSPS) is 12.3. The van der Waals surface area contributed by atoms with Gasteiger partial charge in [0.1, 0.15) is 13.2 Å². The molecule has 1 amide bonds. The van der Waals surface area contributed by atoms with E-state index in [0.717, 1.165) is 27.2 Å². The topological polar surface area (TPSA) is 79.7 Å². The van der Waals surface area contributed by atoms with Crippen LogP contribution in [0.4, 0.5) is 9.93 Å². The third-order valence-corrected chi connectivity index (χ3v) is 5.29. The average molecular weight is 380 g/mol. The van der Waals surface area contributed by atoms with Gasteiger partial charge in [-0.25, -0.2) is 14.7 Å². The molecule has 1 heterocycles. The minimum Gasteiger partial charge on any atom is -0.480 e. The number of aromatic nitrogens is 1. The van der Waals surface area contributed by atoms with E-state index in [9.17, 15) is 9.59 Å². The molecule has 6 nitrogen and oxygen atoms in total. The lowest BCUT2D eigenvalue weighted by atomic mass is 9.98. The molecule has 1 aliphatic carbocycles. The lowest BCUT2D eigenvalue weighted by Gasteiger charge is -2.20. The van der Waals surface area contributed by atoms with Gasteiger partial charge in [-0.3, -0.25) is 4.79 Å². The Kier molecular flexibility index (Phi) is 4.60. The van der Waals surface area contributed by atoms with Crippen molar-refractivity contribution in [1.82, 2.24) is 4.98 Å². The molecule has 1 aliphatic rings. The number of carbonyl (C=O) groups excluding carboxylic acids is 1. The molecule has 4 rings (SSSR count). The molecule has 0 radical (unpaired) electrons. The number of benzene rings is 2. The van der Waals surface area contributed by atoms with Gasteiger partial charge < -0.3 is 9.84 Å². The van der Waals surface area contributed by atoms with Crippen LogP contribution in [0.2, 0.25) is 0 Å². The van der Waals surface area contributed by atoms with Gasteiger partial charge in [-0.1, -0.05) is 48.5 Å². The predicted octanol–water partition coefficient (Wildman–Crippen LogP) is 3.98. The van der Waals surface area contributed by atoms with Gasteiger partial charge in [-0.2, -0.15) is 0 Å². The summed E-state index contributed by atoms with van der Waals surface area (Å²) in [5.74, 6) is -1.21. The fraction of sp³-hybridized carbons (Fsp3) is 0.150. The Labute approximate surface area is 159 Å². The molecule has 1 N–H and O–H groups in total. The van der Waals surface area contributed by atoms with Gasteiger partial charge in [0.25, 0.3) is 0 Å². The number of hydrogen-bond acceptors (Lipinski definition) is 5. The zero-order valence-corrected chi connectivity index (χ0v) is 15.1. The second-order valence-electron chi connectivity index (χ2n) is 6.10. The minimum absolute atomic E-state index is 0.0793. The van der Waals surface area contributed by atoms with Crippen molar-refractivity contribution in [3.63, 3.8) is 0 Å². The van der Waals surface area contributed by atoms with Crippen LogP contribution in [0, 0.1) is 0 Å². The summed E-state index contributed by atoms with van der Waals surface area (Å²) in [5, 5.41) is 11.1. The molecule has 3 aromatic rings. The van der Waals surface area contributed by atoms with Crippen molar-refractivity contribution >= 4 is 28.5 Å². The van der Waals surface area contributed by atoms with E-state index >= 15 is 0 Å². The Morgan fingerprint density at radius 1 is 1.07 bits per heavy atom. The Balaban J connectivity index is 1.56. The van der Waals surface area contributed by atoms with E-state index in [1.165, 1.54) is 17.5 Å². The summed E-state index contributed by atoms with van der Waals surface area (Å²) < 4.78 is 5.52. The van der Waals surface area contributed by atoms with Crippen LogP contribution in [0.15, 0.2) is 60.1 Å². The Morgan fingerprint density at radius 2 is 1.70 bits per heavy atom. The molecule has 0 bridgehead atoms. The molecule has 0 unspecified atom stereocenters. The van der Waals surface area contributed by atoms with E-state index < -0.39 is 18.6 Å². The number of amides is 1. The van der Waals surface area contributed by atoms with Crippen molar-refractivity contribution in [2.45, 2.75) is 5.92 Å². The van der Waals surface area contributed by atoms with Crippen molar-refractivity contribution < 1.29 is 19.4 Å². The van der Waals surface area contributed by atoms with Crippen LogP contribution in [0.25, 0.3) is 11.1 Å². The highest BCUT2D eigenvalue weighted by Gasteiger charge is 2.30. The van der Waals surface area contributed by atoms with E-state index in [-0.39, 0.29) is 12.5 Å². The third-order valence-electron chi connectivity index (χ3n) is 4.50. The molecule has 0 atom stereocenters. The molecule has 0 aliphatic heterocycles. The maximum absolute atomic E-state index is 12.6. The molecule has 2 aromatic carbocycles. The van der Waals surface area contributed by atoms with Gasteiger partial charge in [0.05, 0.1) is 0 Å². The standard InChI is InChI=1S/C20H16N2O4S/c23-18(24)11-22(19-21-9-10-27-19)20(25)26-12-17-15-7-3-1-5-13(15)14-6-2-4-8-16(14)17/h1-10,17H,11-12H2,(H,23,24). The van der Waals surface area contributed by atoms with Crippen LogP contribution in [0.1, 0.15) is 17.0 Å². The van der Waals surface area contributed by atoms with Gasteiger partial charge in [0.2, 0.25) is 0 Å². The summed E-state index contributed by atoms with van der Waals surface area (Å²) in [7, 11) is 0. The van der Waals surface area contributed by atoms with E-state index in [1.807, 2.05) is 36.4 Å². The summed E-state index contributed by atoms with van der Waals surface area (Å²) in [4.78, 5) is 28.8. The Bertz CT molecular complexity index is 942. The van der Waals surface area contributed by atoms with Gasteiger partial charge in [-0.05, 0) is 22.3 Å². The lowest BCUT2D eigenvalue weighted by Crippen LogP contribution is -2.36. The molecule has 7 heteroatoms. The Hall–Kier alpha value is -3.19. The number of rotatable bonds is 5. The smallest absolute Gasteiger partial charge is 0.416 e. The first-order valence-electron chi connectivity index (χ1n) is 8.39. The fourth-order valence-corrected chi connectivity index (χ4v) is 4.00. The highest BCUT2D eigenvalue weighted by atomic mass is 32.1. The quantitative estimate of drug-likeness (QED) is 0.724. The van der Waals surface area contributed by atoms with Gasteiger partial charge >= 0.3 is 12.1 Å². The number of anilines is 1. The molecular weight excluding hydrogens is 364 g/mol. The van der Waals surface area contributed by atoms with Crippen molar-refractivity contribution in [2.24, 2.45) is 0 Å². The monoisotopic (exact) mass is 380 g/mol. The number of fused-ring (bicyclic) bond motifs is 3. The SMILES string of the molecule is O=C(O)CN(C(=O)OCC1c2ccccc2-c2ccccc21)c1nccs1. The first kappa shape index (κ1) is 17.2. The van der Waals surface area contributed by atoms with Crippen molar-refractivity contribution in [2.75, 3.05) is 18.1 Å². The average Bonchev–Trinajstić information content (AvgIpc) is 3.31. The molecule has 136 valence electrons. The predicted molar refractivity (Wildman–Crippen MR) is 102 cm³/mol. The van der Waals surface area contributed by atoms with Crippen LogP contribution < -0.4 is 4.90 Å².